The van der Waals surface area contributed by atoms with E-state index in [0.717, 1.165) is 12.8 Å². The lowest BCUT2D eigenvalue weighted by molar-refractivity contribution is 0.0914. The van der Waals surface area contributed by atoms with Crippen LogP contribution in [0.1, 0.15) is 28.8 Å². The van der Waals surface area contributed by atoms with Crippen LogP contribution in [0.15, 0.2) is 24.3 Å². The molecule has 1 N–H and O–H groups in total. The standard InChI is InChI=1S/C16H19N3O3/c1-22-16(21)19-7-5-12(6-8-19)11-18-15(20)14-4-2-3-13(9-14)10-17/h2-4,9,12H,5-8,11H2,1H3,(H,18,20). The maximum Gasteiger partial charge on any atom is 0.409 e. The first-order chi connectivity index (χ1) is 10.6. The van der Waals surface area contributed by atoms with E-state index < -0.39 is 0 Å². The Morgan fingerprint density at radius 3 is 2.77 bits per heavy atom. The van der Waals surface area contributed by atoms with Crippen molar-refractivity contribution in [3.8, 4) is 6.07 Å². The minimum absolute atomic E-state index is 0.174. The zero-order valence-corrected chi connectivity index (χ0v) is 12.5. The molecular weight excluding hydrogens is 282 g/mol. The van der Waals surface area contributed by atoms with E-state index in [4.69, 9.17) is 10.00 Å². The summed E-state index contributed by atoms with van der Waals surface area (Å²) in [6.07, 6.45) is 1.39. The van der Waals surface area contributed by atoms with Crippen molar-refractivity contribution in [1.82, 2.24) is 10.2 Å². The summed E-state index contributed by atoms with van der Waals surface area (Å²) in [5.74, 6) is 0.177. The molecule has 0 atom stereocenters. The summed E-state index contributed by atoms with van der Waals surface area (Å²) in [5, 5.41) is 11.7. The number of methoxy groups -OCH3 is 1. The topological polar surface area (TPSA) is 82.4 Å². The molecule has 0 spiro atoms. The zero-order chi connectivity index (χ0) is 15.9. The zero-order valence-electron chi connectivity index (χ0n) is 12.5. The molecule has 22 heavy (non-hydrogen) atoms. The second-order valence-corrected chi connectivity index (χ2v) is 5.30. The summed E-state index contributed by atoms with van der Waals surface area (Å²) in [4.78, 5) is 25.1. The quantitative estimate of drug-likeness (QED) is 0.922. The molecule has 1 aliphatic heterocycles. The van der Waals surface area contributed by atoms with Gasteiger partial charge in [-0.3, -0.25) is 4.79 Å². The van der Waals surface area contributed by atoms with Gasteiger partial charge >= 0.3 is 6.09 Å². The van der Waals surface area contributed by atoms with Crippen LogP contribution in [-0.4, -0.2) is 43.6 Å². The summed E-state index contributed by atoms with van der Waals surface area (Å²) in [7, 11) is 1.38. The summed E-state index contributed by atoms with van der Waals surface area (Å²) in [5.41, 5.74) is 0.963. The number of amides is 2. The van der Waals surface area contributed by atoms with Gasteiger partial charge in [0.25, 0.3) is 5.91 Å². The van der Waals surface area contributed by atoms with E-state index in [1.807, 2.05) is 6.07 Å². The maximum absolute atomic E-state index is 12.1. The van der Waals surface area contributed by atoms with Crippen molar-refractivity contribution in [2.45, 2.75) is 12.8 Å². The fraction of sp³-hybridized carbons (Fsp3) is 0.438. The first-order valence-electron chi connectivity index (χ1n) is 7.25. The van der Waals surface area contributed by atoms with Crippen LogP contribution in [0.25, 0.3) is 0 Å². The first kappa shape index (κ1) is 15.8. The lowest BCUT2D eigenvalue weighted by Gasteiger charge is -2.30. The Bertz CT molecular complexity index is 587. The van der Waals surface area contributed by atoms with Crippen molar-refractivity contribution in [2.24, 2.45) is 5.92 Å². The van der Waals surface area contributed by atoms with Gasteiger partial charge in [0, 0.05) is 25.2 Å². The Kier molecular flexibility index (Phi) is 5.37. The molecule has 0 aromatic heterocycles. The minimum Gasteiger partial charge on any atom is -0.453 e. The molecule has 1 aliphatic rings. The number of carbonyl (C=O) groups excluding carboxylic acids is 2. The van der Waals surface area contributed by atoms with Crippen LogP contribution in [0, 0.1) is 17.2 Å². The van der Waals surface area contributed by atoms with Gasteiger partial charge in [0.15, 0.2) is 0 Å². The molecule has 1 aromatic rings. The highest BCUT2D eigenvalue weighted by Crippen LogP contribution is 2.17. The van der Waals surface area contributed by atoms with Crippen molar-refractivity contribution in [3.63, 3.8) is 0 Å². The number of hydrogen-bond donors (Lipinski definition) is 1. The Labute approximate surface area is 129 Å². The van der Waals surface area contributed by atoms with Crippen LogP contribution in [0.5, 0.6) is 0 Å². The lowest BCUT2D eigenvalue weighted by atomic mass is 9.97. The van der Waals surface area contributed by atoms with E-state index in [1.54, 1.807) is 29.2 Å². The third-order valence-electron chi connectivity index (χ3n) is 3.85. The van der Waals surface area contributed by atoms with Crippen molar-refractivity contribution < 1.29 is 14.3 Å². The van der Waals surface area contributed by atoms with E-state index in [-0.39, 0.29) is 12.0 Å². The van der Waals surface area contributed by atoms with Gasteiger partial charge in [-0.1, -0.05) is 6.07 Å². The molecule has 0 radical (unpaired) electrons. The number of carbonyl (C=O) groups is 2. The Morgan fingerprint density at radius 2 is 2.14 bits per heavy atom. The second-order valence-electron chi connectivity index (χ2n) is 5.30. The van der Waals surface area contributed by atoms with Gasteiger partial charge in [-0.05, 0) is 37.0 Å². The van der Waals surface area contributed by atoms with Crippen molar-refractivity contribution in [2.75, 3.05) is 26.7 Å². The highest BCUT2D eigenvalue weighted by molar-refractivity contribution is 5.94. The maximum atomic E-state index is 12.1. The number of rotatable bonds is 3. The lowest BCUT2D eigenvalue weighted by Crippen LogP contribution is -2.41. The smallest absolute Gasteiger partial charge is 0.409 e. The molecule has 6 heteroatoms. The van der Waals surface area contributed by atoms with Crippen LogP contribution >= 0.6 is 0 Å². The van der Waals surface area contributed by atoms with Gasteiger partial charge in [-0.15, -0.1) is 0 Å². The third kappa shape index (κ3) is 3.98. The highest BCUT2D eigenvalue weighted by atomic mass is 16.5. The van der Waals surface area contributed by atoms with Crippen molar-refractivity contribution >= 4 is 12.0 Å². The van der Waals surface area contributed by atoms with Gasteiger partial charge < -0.3 is 15.0 Å². The number of nitrogens with zero attached hydrogens (tertiary/aromatic N) is 2. The van der Waals surface area contributed by atoms with Crippen LogP contribution in [-0.2, 0) is 4.74 Å². The number of hydrogen-bond acceptors (Lipinski definition) is 4. The van der Waals surface area contributed by atoms with E-state index >= 15 is 0 Å². The average molecular weight is 301 g/mol. The van der Waals surface area contributed by atoms with E-state index in [9.17, 15) is 9.59 Å². The molecule has 0 bridgehead atoms. The summed E-state index contributed by atoms with van der Waals surface area (Å²) in [6, 6.07) is 8.65. The second kappa shape index (κ2) is 7.46. The molecule has 0 saturated carbocycles. The first-order valence-corrected chi connectivity index (χ1v) is 7.25. The van der Waals surface area contributed by atoms with Crippen LogP contribution < -0.4 is 5.32 Å². The van der Waals surface area contributed by atoms with Gasteiger partial charge in [0.05, 0.1) is 18.7 Å². The van der Waals surface area contributed by atoms with E-state index in [0.29, 0.717) is 36.7 Å². The number of ether oxygens (including phenoxy) is 1. The summed E-state index contributed by atoms with van der Waals surface area (Å²) < 4.78 is 4.69. The van der Waals surface area contributed by atoms with Crippen LogP contribution in [0.4, 0.5) is 4.79 Å². The Balaban J connectivity index is 1.80. The fourth-order valence-electron chi connectivity index (χ4n) is 2.52. The summed E-state index contributed by atoms with van der Waals surface area (Å²) >= 11 is 0. The molecule has 1 saturated heterocycles. The monoisotopic (exact) mass is 301 g/mol. The molecule has 116 valence electrons. The predicted molar refractivity (Wildman–Crippen MR) is 80.2 cm³/mol. The minimum atomic E-state index is -0.296. The number of likely N-dealkylation sites (tertiary alicyclic amines) is 1. The molecule has 1 heterocycles. The van der Waals surface area contributed by atoms with Gasteiger partial charge in [0.2, 0.25) is 0 Å². The summed E-state index contributed by atoms with van der Waals surface area (Å²) in [6.45, 7) is 1.87. The van der Waals surface area contributed by atoms with Gasteiger partial charge in [0.1, 0.15) is 0 Å². The van der Waals surface area contributed by atoms with Crippen LogP contribution in [0.3, 0.4) is 0 Å². The average Bonchev–Trinajstić information content (AvgIpc) is 2.59. The van der Waals surface area contributed by atoms with E-state index in [2.05, 4.69) is 5.32 Å². The largest absolute Gasteiger partial charge is 0.453 e. The van der Waals surface area contributed by atoms with Crippen molar-refractivity contribution in [1.29, 1.82) is 5.26 Å². The number of nitriles is 1. The van der Waals surface area contributed by atoms with Crippen molar-refractivity contribution in [3.05, 3.63) is 35.4 Å². The highest BCUT2D eigenvalue weighted by Gasteiger charge is 2.23. The molecular formula is C16H19N3O3. The molecule has 1 fully saturated rings. The number of nitrogens with one attached hydrogen (secondary N) is 1. The number of benzene rings is 1. The molecule has 2 amide bonds. The normalized spacial score (nSPS) is 15.0. The van der Waals surface area contributed by atoms with Gasteiger partial charge in [-0.2, -0.15) is 5.26 Å². The predicted octanol–water partition coefficient (Wildman–Crippen LogP) is 1.77. The third-order valence-corrected chi connectivity index (χ3v) is 3.85. The molecule has 6 nitrogen and oxygen atoms in total. The SMILES string of the molecule is COC(=O)N1CCC(CNC(=O)c2cccc(C#N)c2)CC1. The Hall–Kier alpha value is -2.55. The van der Waals surface area contributed by atoms with E-state index in [1.165, 1.54) is 7.11 Å². The molecule has 0 unspecified atom stereocenters. The fourth-order valence-corrected chi connectivity index (χ4v) is 2.52. The van der Waals surface area contributed by atoms with Crippen LogP contribution in [0.2, 0.25) is 0 Å². The molecule has 2 rings (SSSR count). The number of piperidine rings is 1. The molecule has 0 aliphatic carbocycles. The molecule has 1 aromatic carbocycles. The van der Waals surface area contributed by atoms with Gasteiger partial charge in [-0.25, -0.2) is 4.79 Å². The Morgan fingerprint density at radius 1 is 1.41 bits per heavy atom.